The van der Waals surface area contributed by atoms with Crippen LogP contribution in [0.1, 0.15) is 46.5 Å². The average Bonchev–Trinajstić information content (AvgIpc) is 2.38. The number of rotatable bonds is 6. The smallest absolute Gasteiger partial charge is 0.329 e. The fourth-order valence-electron chi connectivity index (χ4n) is 2.54. The minimum Gasteiger partial charge on any atom is -0.480 e. The average molecular weight is 271 g/mol. The molecule has 0 aliphatic carbocycles. The second kappa shape index (κ2) is 6.89. The van der Waals surface area contributed by atoms with Gasteiger partial charge in [0.2, 0.25) is 5.91 Å². The maximum absolute atomic E-state index is 12.2. The van der Waals surface area contributed by atoms with Crippen LogP contribution in [0.3, 0.4) is 0 Å². The highest BCUT2D eigenvalue weighted by Gasteiger charge is 2.36. The van der Waals surface area contributed by atoms with E-state index in [0.717, 1.165) is 12.8 Å². The van der Waals surface area contributed by atoms with Crippen LogP contribution in [-0.4, -0.2) is 35.7 Å². The van der Waals surface area contributed by atoms with Crippen LogP contribution in [0.25, 0.3) is 0 Å². The number of carbonyl (C=O) groups is 2. The highest BCUT2D eigenvalue weighted by molar-refractivity contribution is 5.87. The molecule has 1 aliphatic rings. The number of carboxylic acids is 1. The number of hydrogen-bond donors (Lipinski definition) is 2. The van der Waals surface area contributed by atoms with Crippen molar-refractivity contribution in [2.24, 2.45) is 11.8 Å². The zero-order chi connectivity index (χ0) is 14.5. The fraction of sp³-hybridized carbons (Fsp3) is 0.857. The van der Waals surface area contributed by atoms with Gasteiger partial charge in [-0.05, 0) is 32.1 Å². The van der Waals surface area contributed by atoms with Gasteiger partial charge >= 0.3 is 5.97 Å². The second-order valence-corrected chi connectivity index (χ2v) is 5.61. The van der Waals surface area contributed by atoms with Gasteiger partial charge in [0.1, 0.15) is 5.54 Å². The maximum atomic E-state index is 12.2. The zero-order valence-electron chi connectivity index (χ0n) is 12.1. The van der Waals surface area contributed by atoms with Crippen molar-refractivity contribution in [3.63, 3.8) is 0 Å². The van der Waals surface area contributed by atoms with Crippen molar-refractivity contribution in [2.75, 3.05) is 13.2 Å². The first-order chi connectivity index (χ1) is 8.90. The van der Waals surface area contributed by atoms with Crippen LogP contribution in [0.4, 0.5) is 0 Å². The highest BCUT2D eigenvalue weighted by Crippen LogP contribution is 2.24. The van der Waals surface area contributed by atoms with E-state index in [9.17, 15) is 14.7 Å². The first-order valence-corrected chi connectivity index (χ1v) is 7.04. The standard InChI is InChI=1S/C14H25NO4/c1-4-7-14(3,13(17)18)15-12(16)10(2)11-5-8-19-9-6-11/h10-11H,4-9H2,1-3H3,(H,15,16)(H,17,18). The van der Waals surface area contributed by atoms with Crippen LogP contribution in [0.5, 0.6) is 0 Å². The number of nitrogens with one attached hydrogen (secondary N) is 1. The largest absolute Gasteiger partial charge is 0.480 e. The number of hydrogen-bond acceptors (Lipinski definition) is 3. The molecule has 1 rings (SSSR count). The van der Waals surface area contributed by atoms with Crippen LogP contribution in [0.2, 0.25) is 0 Å². The number of aliphatic carboxylic acids is 1. The molecular formula is C14H25NO4. The quantitative estimate of drug-likeness (QED) is 0.772. The van der Waals surface area contributed by atoms with Gasteiger partial charge in [0, 0.05) is 19.1 Å². The van der Waals surface area contributed by atoms with Gasteiger partial charge in [0.25, 0.3) is 0 Å². The van der Waals surface area contributed by atoms with Crippen molar-refractivity contribution < 1.29 is 19.4 Å². The Hall–Kier alpha value is -1.10. The molecule has 2 atom stereocenters. The molecule has 0 spiro atoms. The van der Waals surface area contributed by atoms with Crippen molar-refractivity contribution in [3.8, 4) is 0 Å². The second-order valence-electron chi connectivity index (χ2n) is 5.61. The predicted molar refractivity (Wildman–Crippen MR) is 71.8 cm³/mol. The molecule has 0 radical (unpaired) electrons. The summed E-state index contributed by atoms with van der Waals surface area (Å²) in [6, 6.07) is 0. The maximum Gasteiger partial charge on any atom is 0.329 e. The summed E-state index contributed by atoms with van der Waals surface area (Å²) in [5.74, 6) is -1.01. The molecule has 1 heterocycles. The van der Waals surface area contributed by atoms with Crippen molar-refractivity contribution in [1.29, 1.82) is 0 Å². The molecule has 1 aliphatic heterocycles. The van der Waals surface area contributed by atoms with Crippen LogP contribution in [-0.2, 0) is 14.3 Å². The first-order valence-electron chi connectivity index (χ1n) is 7.04. The number of carboxylic acid groups (broad SMARTS) is 1. The monoisotopic (exact) mass is 271 g/mol. The van der Waals surface area contributed by atoms with Gasteiger partial charge in [-0.3, -0.25) is 4.79 Å². The van der Waals surface area contributed by atoms with Gasteiger partial charge < -0.3 is 15.2 Å². The summed E-state index contributed by atoms with van der Waals surface area (Å²) in [4.78, 5) is 23.5. The highest BCUT2D eigenvalue weighted by atomic mass is 16.5. The zero-order valence-corrected chi connectivity index (χ0v) is 12.1. The van der Waals surface area contributed by atoms with E-state index < -0.39 is 11.5 Å². The Kier molecular flexibility index (Phi) is 5.79. The molecule has 2 N–H and O–H groups in total. The van der Waals surface area contributed by atoms with E-state index in [4.69, 9.17) is 4.74 Å². The van der Waals surface area contributed by atoms with E-state index in [-0.39, 0.29) is 17.7 Å². The molecule has 0 aromatic carbocycles. The lowest BCUT2D eigenvalue weighted by Crippen LogP contribution is -2.54. The molecule has 1 saturated heterocycles. The van der Waals surface area contributed by atoms with Crippen LogP contribution in [0, 0.1) is 11.8 Å². The van der Waals surface area contributed by atoms with Crippen molar-refractivity contribution in [1.82, 2.24) is 5.32 Å². The third-order valence-electron chi connectivity index (χ3n) is 4.01. The summed E-state index contributed by atoms with van der Waals surface area (Å²) in [6.07, 6.45) is 2.89. The van der Waals surface area contributed by atoms with Gasteiger partial charge in [-0.15, -0.1) is 0 Å². The number of amides is 1. The minimum absolute atomic E-state index is 0.162. The van der Waals surface area contributed by atoms with Crippen molar-refractivity contribution in [2.45, 2.75) is 52.0 Å². The molecule has 5 nitrogen and oxygen atoms in total. The molecular weight excluding hydrogens is 246 g/mol. The Bertz CT molecular complexity index is 325. The molecule has 0 bridgehead atoms. The molecule has 5 heteroatoms. The van der Waals surface area contributed by atoms with Gasteiger partial charge in [-0.25, -0.2) is 4.79 Å². The van der Waals surface area contributed by atoms with Gasteiger partial charge in [-0.2, -0.15) is 0 Å². The Morgan fingerprint density at radius 3 is 2.47 bits per heavy atom. The lowest BCUT2D eigenvalue weighted by atomic mass is 9.85. The van der Waals surface area contributed by atoms with Gasteiger partial charge in [0.15, 0.2) is 0 Å². The third kappa shape index (κ3) is 4.20. The molecule has 2 unspecified atom stereocenters. The van der Waals surface area contributed by atoms with E-state index in [1.54, 1.807) is 6.92 Å². The summed E-state index contributed by atoms with van der Waals surface area (Å²) in [5.41, 5.74) is -1.16. The van der Waals surface area contributed by atoms with E-state index in [1.165, 1.54) is 0 Å². The lowest BCUT2D eigenvalue weighted by Gasteiger charge is -2.31. The summed E-state index contributed by atoms with van der Waals surface area (Å²) in [5, 5.41) is 12.0. The van der Waals surface area contributed by atoms with E-state index in [1.807, 2.05) is 13.8 Å². The van der Waals surface area contributed by atoms with Crippen molar-refractivity contribution in [3.05, 3.63) is 0 Å². The van der Waals surface area contributed by atoms with Crippen LogP contribution >= 0.6 is 0 Å². The molecule has 1 amide bonds. The molecule has 1 fully saturated rings. The summed E-state index contributed by atoms with van der Waals surface area (Å²) in [6.45, 7) is 6.74. The Balaban J connectivity index is 2.63. The van der Waals surface area contributed by atoms with Crippen LogP contribution in [0.15, 0.2) is 0 Å². The number of ether oxygens (including phenoxy) is 1. The van der Waals surface area contributed by atoms with E-state index in [0.29, 0.717) is 26.1 Å². The summed E-state index contributed by atoms with van der Waals surface area (Å²) in [7, 11) is 0. The predicted octanol–water partition coefficient (Wildman–Crippen LogP) is 1.81. The van der Waals surface area contributed by atoms with Crippen molar-refractivity contribution >= 4 is 11.9 Å². The van der Waals surface area contributed by atoms with Gasteiger partial charge in [-0.1, -0.05) is 20.3 Å². The van der Waals surface area contributed by atoms with Gasteiger partial charge in [0.05, 0.1) is 0 Å². The summed E-state index contributed by atoms with van der Waals surface area (Å²) >= 11 is 0. The Labute approximate surface area is 114 Å². The third-order valence-corrected chi connectivity index (χ3v) is 4.01. The molecule has 0 saturated carbocycles. The summed E-state index contributed by atoms with van der Waals surface area (Å²) < 4.78 is 5.28. The first kappa shape index (κ1) is 16.0. The Morgan fingerprint density at radius 1 is 1.42 bits per heavy atom. The fourth-order valence-corrected chi connectivity index (χ4v) is 2.54. The van der Waals surface area contributed by atoms with E-state index >= 15 is 0 Å². The molecule has 0 aromatic heterocycles. The number of carbonyl (C=O) groups excluding carboxylic acids is 1. The topological polar surface area (TPSA) is 75.6 Å². The lowest BCUT2D eigenvalue weighted by molar-refractivity contribution is -0.148. The molecule has 19 heavy (non-hydrogen) atoms. The van der Waals surface area contributed by atoms with E-state index in [2.05, 4.69) is 5.32 Å². The van der Waals surface area contributed by atoms with Crippen LogP contribution < -0.4 is 5.32 Å². The molecule has 110 valence electrons. The SMILES string of the molecule is CCCC(C)(NC(=O)C(C)C1CCOCC1)C(=O)O. The Morgan fingerprint density at radius 2 is 2.00 bits per heavy atom. The normalized spacial score (nSPS) is 21.4. The molecule has 0 aromatic rings. The minimum atomic E-state index is -1.16.